The number of hydrogen-bond acceptors (Lipinski definition) is 4. The standard InChI is InChI=1S/C11H17N3O2/c1-11(2,3)8-5-6-12-10(13-8)14(4)7-9(15)16/h5-6H,7H2,1-4H3,(H,15,16). The van der Waals surface area contributed by atoms with Crippen LogP contribution in [-0.2, 0) is 10.2 Å². The van der Waals surface area contributed by atoms with Gasteiger partial charge in [0, 0.05) is 18.7 Å². The molecule has 0 saturated carbocycles. The van der Waals surface area contributed by atoms with Gasteiger partial charge in [0.15, 0.2) is 0 Å². The van der Waals surface area contributed by atoms with E-state index in [0.717, 1.165) is 5.69 Å². The van der Waals surface area contributed by atoms with Crippen LogP contribution in [0.3, 0.4) is 0 Å². The van der Waals surface area contributed by atoms with Gasteiger partial charge >= 0.3 is 5.97 Å². The van der Waals surface area contributed by atoms with Crippen molar-refractivity contribution < 1.29 is 9.90 Å². The topological polar surface area (TPSA) is 66.3 Å². The fourth-order valence-electron chi connectivity index (χ4n) is 1.22. The quantitative estimate of drug-likeness (QED) is 0.836. The lowest BCUT2D eigenvalue weighted by molar-refractivity contribution is -0.135. The molecule has 0 fully saturated rings. The molecule has 0 atom stereocenters. The van der Waals surface area contributed by atoms with Crippen molar-refractivity contribution in [2.45, 2.75) is 26.2 Å². The van der Waals surface area contributed by atoms with Crippen molar-refractivity contribution in [3.63, 3.8) is 0 Å². The highest BCUT2D eigenvalue weighted by atomic mass is 16.4. The van der Waals surface area contributed by atoms with E-state index < -0.39 is 5.97 Å². The maximum atomic E-state index is 10.6. The summed E-state index contributed by atoms with van der Waals surface area (Å²) < 4.78 is 0. The number of likely N-dealkylation sites (N-methyl/N-ethyl adjacent to an activating group) is 1. The van der Waals surface area contributed by atoms with Gasteiger partial charge in [-0.2, -0.15) is 0 Å². The van der Waals surface area contributed by atoms with Gasteiger partial charge in [0.25, 0.3) is 0 Å². The van der Waals surface area contributed by atoms with E-state index >= 15 is 0 Å². The van der Waals surface area contributed by atoms with Gasteiger partial charge in [0.05, 0.1) is 5.69 Å². The van der Waals surface area contributed by atoms with E-state index in [9.17, 15) is 4.79 Å². The summed E-state index contributed by atoms with van der Waals surface area (Å²) in [6.07, 6.45) is 1.65. The number of anilines is 1. The molecule has 1 aromatic heterocycles. The third-order valence-electron chi connectivity index (χ3n) is 2.13. The second-order valence-corrected chi connectivity index (χ2v) is 4.74. The summed E-state index contributed by atoms with van der Waals surface area (Å²) in [5, 5.41) is 8.68. The Bertz CT molecular complexity index is 385. The first-order valence-corrected chi connectivity index (χ1v) is 5.07. The molecule has 0 spiro atoms. The predicted octanol–water partition coefficient (Wildman–Crippen LogP) is 1.29. The van der Waals surface area contributed by atoms with Crippen molar-refractivity contribution in [2.75, 3.05) is 18.5 Å². The average molecular weight is 223 g/mol. The number of aromatic nitrogens is 2. The third kappa shape index (κ3) is 3.18. The summed E-state index contributed by atoms with van der Waals surface area (Å²) >= 11 is 0. The van der Waals surface area contributed by atoms with E-state index in [2.05, 4.69) is 30.7 Å². The SMILES string of the molecule is CN(CC(=O)O)c1nccc(C(C)(C)C)n1. The van der Waals surface area contributed by atoms with E-state index in [1.54, 1.807) is 13.2 Å². The Morgan fingerprint density at radius 2 is 2.12 bits per heavy atom. The summed E-state index contributed by atoms with van der Waals surface area (Å²) in [5.74, 6) is -0.456. The van der Waals surface area contributed by atoms with Crippen molar-refractivity contribution in [1.82, 2.24) is 9.97 Å². The fourth-order valence-corrected chi connectivity index (χ4v) is 1.22. The van der Waals surface area contributed by atoms with E-state index in [0.29, 0.717) is 5.95 Å². The molecule has 5 nitrogen and oxygen atoms in total. The molecule has 5 heteroatoms. The molecule has 1 heterocycles. The second-order valence-electron chi connectivity index (χ2n) is 4.74. The molecule has 1 aromatic rings. The van der Waals surface area contributed by atoms with Gasteiger partial charge in [-0.05, 0) is 6.07 Å². The smallest absolute Gasteiger partial charge is 0.323 e. The van der Waals surface area contributed by atoms with Crippen molar-refractivity contribution in [1.29, 1.82) is 0 Å². The highest BCUT2D eigenvalue weighted by Crippen LogP contribution is 2.20. The molecular formula is C11H17N3O2. The maximum absolute atomic E-state index is 10.6. The first-order chi connectivity index (χ1) is 7.30. The van der Waals surface area contributed by atoms with Crippen LogP contribution in [0.2, 0.25) is 0 Å². The maximum Gasteiger partial charge on any atom is 0.323 e. The van der Waals surface area contributed by atoms with Crippen LogP contribution in [0.4, 0.5) is 5.95 Å². The minimum atomic E-state index is -0.896. The fraction of sp³-hybridized carbons (Fsp3) is 0.545. The number of hydrogen-bond donors (Lipinski definition) is 1. The molecule has 0 saturated heterocycles. The summed E-state index contributed by atoms with van der Waals surface area (Å²) in [4.78, 5) is 20.5. The van der Waals surface area contributed by atoms with E-state index in [1.165, 1.54) is 4.90 Å². The molecule has 0 aliphatic rings. The number of carboxylic acid groups (broad SMARTS) is 1. The normalized spacial score (nSPS) is 11.2. The largest absolute Gasteiger partial charge is 0.480 e. The number of carboxylic acids is 1. The summed E-state index contributed by atoms with van der Waals surface area (Å²) in [6.45, 7) is 6.05. The van der Waals surface area contributed by atoms with E-state index in [1.807, 2.05) is 6.07 Å². The Labute approximate surface area is 95.1 Å². The summed E-state index contributed by atoms with van der Waals surface area (Å²) in [7, 11) is 1.66. The molecule has 0 amide bonds. The Morgan fingerprint density at radius 1 is 1.50 bits per heavy atom. The van der Waals surface area contributed by atoms with Crippen molar-refractivity contribution in [3.05, 3.63) is 18.0 Å². The Hall–Kier alpha value is -1.65. The van der Waals surface area contributed by atoms with Crippen molar-refractivity contribution in [2.24, 2.45) is 0 Å². The molecule has 0 bridgehead atoms. The zero-order chi connectivity index (χ0) is 12.3. The van der Waals surface area contributed by atoms with Gasteiger partial charge in [-0.1, -0.05) is 20.8 Å². The summed E-state index contributed by atoms with van der Waals surface area (Å²) in [6, 6.07) is 1.85. The molecule has 16 heavy (non-hydrogen) atoms. The van der Waals surface area contributed by atoms with Gasteiger partial charge in [-0.15, -0.1) is 0 Å². The Kier molecular flexibility index (Phi) is 3.47. The molecule has 0 unspecified atom stereocenters. The monoisotopic (exact) mass is 223 g/mol. The van der Waals surface area contributed by atoms with Crippen LogP contribution in [0.15, 0.2) is 12.3 Å². The van der Waals surface area contributed by atoms with Crippen LogP contribution in [0.25, 0.3) is 0 Å². The molecule has 0 aliphatic heterocycles. The van der Waals surface area contributed by atoms with E-state index in [-0.39, 0.29) is 12.0 Å². The Balaban J connectivity index is 2.94. The molecule has 1 N–H and O–H groups in total. The van der Waals surface area contributed by atoms with Gasteiger partial charge in [-0.3, -0.25) is 4.79 Å². The lowest BCUT2D eigenvalue weighted by Gasteiger charge is -2.20. The first kappa shape index (κ1) is 12.4. The zero-order valence-electron chi connectivity index (χ0n) is 10.1. The van der Waals surface area contributed by atoms with Crippen molar-refractivity contribution >= 4 is 11.9 Å². The number of nitrogens with zero attached hydrogens (tertiary/aromatic N) is 3. The first-order valence-electron chi connectivity index (χ1n) is 5.07. The molecule has 0 aliphatic carbocycles. The van der Waals surface area contributed by atoms with Gasteiger partial charge in [0.1, 0.15) is 6.54 Å². The van der Waals surface area contributed by atoms with Gasteiger partial charge in [-0.25, -0.2) is 9.97 Å². The number of carbonyl (C=O) groups is 1. The number of aliphatic carboxylic acids is 1. The predicted molar refractivity (Wildman–Crippen MR) is 61.6 cm³/mol. The molecule has 1 rings (SSSR count). The minimum Gasteiger partial charge on any atom is -0.480 e. The van der Waals surface area contributed by atoms with Crippen LogP contribution < -0.4 is 4.90 Å². The highest BCUT2D eigenvalue weighted by molar-refractivity contribution is 5.72. The van der Waals surface area contributed by atoms with Crippen LogP contribution >= 0.6 is 0 Å². The van der Waals surface area contributed by atoms with Gasteiger partial charge < -0.3 is 10.0 Å². The van der Waals surface area contributed by atoms with E-state index in [4.69, 9.17) is 5.11 Å². The summed E-state index contributed by atoms with van der Waals surface area (Å²) in [5.41, 5.74) is 0.830. The molecule has 0 aromatic carbocycles. The van der Waals surface area contributed by atoms with Crippen LogP contribution in [0.1, 0.15) is 26.5 Å². The van der Waals surface area contributed by atoms with Crippen LogP contribution in [0.5, 0.6) is 0 Å². The highest BCUT2D eigenvalue weighted by Gasteiger charge is 2.17. The average Bonchev–Trinajstić information content (AvgIpc) is 2.15. The second kappa shape index (κ2) is 4.47. The Morgan fingerprint density at radius 3 is 2.62 bits per heavy atom. The lowest BCUT2D eigenvalue weighted by Crippen LogP contribution is -2.27. The minimum absolute atomic E-state index is 0.0677. The zero-order valence-corrected chi connectivity index (χ0v) is 10.1. The molecule has 88 valence electrons. The van der Waals surface area contributed by atoms with Crippen molar-refractivity contribution in [3.8, 4) is 0 Å². The van der Waals surface area contributed by atoms with Gasteiger partial charge in [0.2, 0.25) is 5.95 Å². The molecular weight excluding hydrogens is 206 g/mol. The lowest BCUT2D eigenvalue weighted by atomic mass is 9.92. The number of rotatable bonds is 3. The van der Waals surface area contributed by atoms with Crippen LogP contribution in [0, 0.1) is 0 Å². The third-order valence-corrected chi connectivity index (χ3v) is 2.13. The van der Waals surface area contributed by atoms with Crippen LogP contribution in [-0.4, -0.2) is 34.6 Å². The molecule has 0 radical (unpaired) electrons.